The summed E-state index contributed by atoms with van der Waals surface area (Å²) in [7, 11) is 2.80. The van der Waals surface area contributed by atoms with Crippen molar-refractivity contribution in [2.24, 2.45) is 10.7 Å². The molecule has 19 heavy (non-hydrogen) atoms. The molecule has 7 heteroatoms. The lowest BCUT2D eigenvalue weighted by molar-refractivity contribution is -0.142. The van der Waals surface area contributed by atoms with Gasteiger partial charge in [-0.25, -0.2) is 9.79 Å². The van der Waals surface area contributed by atoms with Crippen LogP contribution in [0.25, 0.3) is 0 Å². The second-order valence-electron chi connectivity index (χ2n) is 3.44. The van der Waals surface area contributed by atoms with Gasteiger partial charge in [0.1, 0.15) is 23.0 Å². The zero-order chi connectivity index (χ0) is 14.3. The molecule has 0 radical (unpaired) electrons. The lowest BCUT2D eigenvalue weighted by Gasteiger charge is -2.09. The summed E-state index contributed by atoms with van der Waals surface area (Å²) < 4.78 is 14.9. The molecule has 0 aromatic heterocycles. The number of benzene rings is 1. The number of hydrogen-bond acceptors (Lipinski definition) is 5. The first kappa shape index (κ1) is 15.1. The fourth-order valence-electron chi connectivity index (χ4n) is 1.23. The van der Waals surface area contributed by atoms with Gasteiger partial charge in [-0.2, -0.15) is 0 Å². The van der Waals surface area contributed by atoms with Crippen molar-refractivity contribution < 1.29 is 19.0 Å². The second kappa shape index (κ2) is 7.48. The Labute approximate surface area is 116 Å². The molecule has 0 saturated carbocycles. The van der Waals surface area contributed by atoms with Gasteiger partial charge >= 0.3 is 5.97 Å². The minimum absolute atomic E-state index is 0.108. The van der Waals surface area contributed by atoms with Crippen molar-refractivity contribution in [3.05, 3.63) is 18.2 Å². The molecule has 2 N–H and O–H groups in total. The maximum absolute atomic E-state index is 11.0. The van der Waals surface area contributed by atoms with Crippen LogP contribution in [0, 0.1) is 0 Å². The first-order valence-corrected chi connectivity index (χ1v) is 5.90. The number of amidine groups is 1. The standard InChI is InChI=1S/C12H15ClN2O4/c1-17-10-4-3-8(19-7-12(16)18-2)5-9(10)15-11(14)6-13/h3-5H,6-7H2,1-2H3,(H2,14,15). The highest BCUT2D eigenvalue weighted by molar-refractivity contribution is 6.28. The highest BCUT2D eigenvalue weighted by Crippen LogP contribution is 2.31. The molecule has 0 aliphatic carbocycles. The summed E-state index contributed by atoms with van der Waals surface area (Å²) in [6, 6.07) is 4.91. The van der Waals surface area contributed by atoms with E-state index in [1.165, 1.54) is 14.2 Å². The molecule has 1 aromatic carbocycles. The molecule has 0 fully saturated rings. The molecule has 1 rings (SSSR count). The number of nitrogens with two attached hydrogens (primary N) is 1. The number of halogens is 1. The number of esters is 1. The molecule has 104 valence electrons. The predicted octanol–water partition coefficient (Wildman–Crippen LogP) is 1.47. The third-order valence-electron chi connectivity index (χ3n) is 2.14. The van der Waals surface area contributed by atoms with Crippen LogP contribution in [0.4, 0.5) is 5.69 Å². The number of nitrogens with zero attached hydrogens (tertiary/aromatic N) is 1. The Morgan fingerprint density at radius 3 is 2.74 bits per heavy atom. The number of alkyl halides is 1. The van der Waals surface area contributed by atoms with Gasteiger partial charge in [0.15, 0.2) is 6.61 Å². The van der Waals surface area contributed by atoms with E-state index < -0.39 is 5.97 Å². The van der Waals surface area contributed by atoms with Crippen molar-refractivity contribution in [2.45, 2.75) is 0 Å². The van der Waals surface area contributed by atoms with E-state index in [1.807, 2.05) is 0 Å². The Kier molecular flexibility index (Phi) is 5.95. The Balaban J connectivity index is 2.92. The van der Waals surface area contributed by atoms with Crippen molar-refractivity contribution in [3.63, 3.8) is 0 Å². The van der Waals surface area contributed by atoms with E-state index in [9.17, 15) is 4.79 Å². The van der Waals surface area contributed by atoms with Gasteiger partial charge in [0, 0.05) is 6.07 Å². The highest BCUT2D eigenvalue weighted by Gasteiger charge is 2.07. The second-order valence-corrected chi connectivity index (χ2v) is 3.70. The van der Waals surface area contributed by atoms with E-state index in [2.05, 4.69) is 9.73 Å². The van der Waals surface area contributed by atoms with E-state index in [4.69, 9.17) is 26.8 Å². The summed E-state index contributed by atoms with van der Waals surface area (Å²) >= 11 is 5.57. The molecule has 0 saturated heterocycles. The van der Waals surface area contributed by atoms with Gasteiger partial charge in [-0.3, -0.25) is 0 Å². The molecular formula is C12H15ClN2O4. The number of rotatable bonds is 6. The van der Waals surface area contributed by atoms with E-state index in [-0.39, 0.29) is 18.3 Å². The van der Waals surface area contributed by atoms with Crippen LogP contribution < -0.4 is 15.2 Å². The van der Waals surface area contributed by atoms with Crippen molar-refractivity contribution in [2.75, 3.05) is 26.7 Å². The number of aliphatic imine (C=N–C) groups is 1. The molecular weight excluding hydrogens is 272 g/mol. The Morgan fingerprint density at radius 1 is 1.42 bits per heavy atom. The number of methoxy groups -OCH3 is 2. The monoisotopic (exact) mass is 286 g/mol. The first-order valence-electron chi connectivity index (χ1n) is 5.37. The van der Waals surface area contributed by atoms with E-state index >= 15 is 0 Å². The third kappa shape index (κ3) is 4.67. The van der Waals surface area contributed by atoms with Gasteiger partial charge in [0.05, 0.1) is 20.1 Å². The molecule has 0 aliphatic heterocycles. The van der Waals surface area contributed by atoms with E-state index in [0.717, 1.165) is 0 Å². The summed E-state index contributed by atoms with van der Waals surface area (Å²) in [5.41, 5.74) is 6.04. The van der Waals surface area contributed by atoms with Crippen LogP contribution in [0.3, 0.4) is 0 Å². The molecule has 6 nitrogen and oxygen atoms in total. The zero-order valence-corrected chi connectivity index (χ0v) is 11.4. The van der Waals surface area contributed by atoms with Gasteiger partial charge in [-0.15, -0.1) is 11.6 Å². The van der Waals surface area contributed by atoms with Crippen LogP contribution in [0.2, 0.25) is 0 Å². The molecule has 1 aromatic rings. The van der Waals surface area contributed by atoms with Crippen molar-refractivity contribution >= 4 is 29.1 Å². The largest absolute Gasteiger partial charge is 0.494 e. The van der Waals surface area contributed by atoms with Crippen LogP contribution in [0.1, 0.15) is 0 Å². The smallest absolute Gasteiger partial charge is 0.343 e. The minimum atomic E-state index is -0.471. The van der Waals surface area contributed by atoms with Gasteiger partial charge < -0.3 is 19.9 Å². The van der Waals surface area contributed by atoms with Crippen LogP contribution in [-0.4, -0.2) is 38.5 Å². The lowest BCUT2D eigenvalue weighted by Crippen LogP contribution is -2.13. The zero-order valence-electron chi connectivity index (χ0n) is 10.7. The highest BCUT2D eigenvalue weighted by atomic mass is 35.5. The quantitative estimate of drug-likeness (QED) is 0.371. The average Bonchev–Trinajstić information content (AvgIpc) is 2.44. The normalized spacial score (nSPS) is 11.0. The lowest BCUT2D eigenvalue weighted by atomic mass is 10.3. The maximum atomic E-state index is 11.0. The van der Waals surface area contributed by atoms with Crippen LogP contribution in [-0.2, 0) is 9.53 Å². The van der Waals surface area contributed by atoms with Crippen molar-refractivity contribution in [3.8, 4) is 11.5 Å². The predicted molar refractivity (Wildman–Crippen MR) is 72.5 cm³/mol. The Bertz CT molecular complexity index is 477. The van der Waals surface area contributed by atoms with Gasteiger partial charge in [-0.05, 0) is 12.1 Å². The minimum Gasteiger partial charge on any atom is -0.494 e. The average molecular weight is 287 g/mol. The molecule has 0 bridgehead atoms. The summed E-state index contributed by atoms with van der Waals surface area (Å²) in [6.45, 7) is -0.184. The van der Waals surface area contributed by atoms with Gasteiger partial charge in [0.2, 0.25) is 0 Å². The number of carbonyl (C=O) groups is 1. The first-order chi connectivity index (χ1) is 9.10. The molecule has 0 unspecified atom stereocenters. The van der Waals surface area contributed by atoms with Gasteiger partial charge in [-0.1, -0.05) is 0 Å². The number of carbonyl (C=O) groups excluding carboxylic acids is 1. The molecule has 0 atom stereocenters. The fraction of sp³-hybridized carbons (Fsp3) is 0.333. The van der Waals surface area contributed by atoms with Crippen LogP contribution in [0.15, 0.2) is 23.2 Å². The topological polar surface area (TPSA) is 83.1 Å². The summed E-state index contributed by atoms with van der Waals surface area (Å²) in [5, 5.41) is 0. The molecule has 0 amide bonds. The fourth-order valence-corrected chi connectivity index (χ4v) is 1.29. The van der Waals surface area contributed by atoms with Crippen LogP contribution in [0.5, 0.6) is 11.5 Å². The number of hydrogen-bond donors (Lipinski definition) is 1. The summed E-state index contributed by atoms with van der Waals surface area (Å²) in [5.74, 6) is 0.869. The maximum Gasteiger partial charge on any atom is 0.343 e. The molecule has 0 spiro atoms. The molecule has 0 aliphatic rings. The van der Waals surface area contributed by atoms with Crippen LogP contribution >= 0.6 is 11.6 Å². The van der Waals surface area contributed by atoms with Crippen molar-refractivity contribution in [1.82, 2.24) is 0 Å². The number of ether oxygens (including phenoxy) is 3. The Hall–Kier alpha value is -1.95. The van der Waals surface area contributed by atoms with E-state index in [0.29, 0.717) is 17.2 Å². The van der Waals surface area contributed by atoms with E-state index in [1.54, 1.807) is 18.2 Å². The Morgan fingerprint density at radius 2 is 2.16 bits per heavy atom. The van der Waals surface area contributed by atoms with Gasteiger partial charge in [0.25, 0.3) is 0 Å². The molecule has 0 heterocycles. The third-order valence-corrected chi connectivity index (χ3v) is 2.41. The SMILES string of the molecule is COC(=O)COc1ccc(OC)c(N=C(N)CCl)c1. The van der Waals surface area contributed by atoms with Crippen molar-refractivity contribution in [1.29, 1.82) is 0 Å². The summed E-state index contributed by atoms with van der Waals surface area (Å²) in [4.78, 5) is 15.1. The summed E-state index contributed by atoms with van der Waals surface area (Å²) in [6.07, 6.45) is 0.